The van der Waals surface area contributed by atoms with Crippen LogP contribution in [0.1, 0.15) is 31.9 Å². The third-order valence-electron chi connectivity index (χ3n) is 3.38. The molecule has 1 aliphatic rings. The van der Waals surface area contributed by atoms with Gasteiger partial charge in [-0.15, -0.1) is 0 Å². The second kappa shape index (κ2) is 6.25. The molecule has 0 aromatic heterocycles. The van der Waals surface area contributed by atoms with Gasteiger partial charge in [0.1, 0.15) is 12.1 Å². The summed E-state index contributed by atoms with van der Waals surface area (Å²) in [6.45, 7) is 6.44. The Morgan fingerprint density at radius 2 is 2.05 bits per heavy atom. The standard InChI is InChI=1S/C16H23N3O3/c1-16(2,3)22-15(21)18-9-14(20)19-7-6-11-4-5-13(17)8-12(11)10-19/h4-5,8H,6-7,9-10,17H2,1-3H3,(H,18,21). The van der Waals surface area contributed by atoms with E-state index in [1.165, 1.54) is 5.56 Å². The molecule has 2 rings (SSSR count). The molecular weight excluding hydrogens is 282 g/mol. The van der Waals surface area contributed by atoms with Crippen LogP contribution in [0.4, 0.5) is 10.5 Å². The molecule has 6 heteroatoms. The fourth-order valence-electron chi connectivity index (χ4n) is 2.36. The summed E-state index contributed by atoms with van der Waals surface area (Å²) in [5.74, 6) is -0.126. The van der Waals surface area contributed by atoms with Crippen molar-refractivity contribution in [3.8, 4) is 0 Å². The maximum atomic E-state index is 12.2. The number of benzene rings is 1. The van der Waals surface area contributed by atoms with Crippen LogP contribution in [0.25, 0.3) is 0 Å². The number of nitrogen functional groups attached to an aromatic ring is 1. The molecule has 1 aliphatic heterocycles. The average Bonchev–Trinajstić information content (AvgIpc) is 2.42. The second-order valence-corrected chi connectivity index (χ2v) is 6.45. The molecule has 0 fully saturated rings. The summed E-state index contributed by atoms with van der Waals surface area (Å²) < 4.78 is 5.11. The van der Waals surface area contributed by atoms with Crippen molar-refractivity contribution < 1.29 is 14.3 Å². The molecule has 0 bridgehead atoms. The minimum absolute atomic E-state index is 0.0629. The molecule has 1 aromatic rings. The predicted octanol–water partition coefficient (Wildman–Crippen LogP) is 1.68. The maximum absolute atomic E-state index is 12.2. The largest absolute Gasteiger partial charge is 0.444 e. The van der Waals surface area contributed by atoms with E-state index in [1.807, 2.05) is 18.2 Å². The van der Waals surface area contributed by atoms with Crippen molar-refractivity contribution in [3.05, 3.63) is 29.3 Å². The van der Waals surface area contributed by atoms with Gasteiger partial charge in [-0.3, -0.25) is 4.79 Å². The number of hydrogen-bond donors (Lipinski definition) is 2. The van der Waals surface area contributed by atoms with Crippen LogP contribution in [-0.2, 0) is 22.5 Å². The Morgan fingerprint density at radius 3 is 2.73 bits per heavy atom. The Hall–Kier alpha value is -2.24. The van der Waals surface area contributed by atoms with E-state index >= 15 is 0 Å². The van der Waals surface area contributed by atoms with Gasteiger partial charge >= 0.3 is 6.09 Å². The van der Waals surface area contributed by atoms with Gasteiger partial charge in [0.25, 0.3) is 0 Å². The van der Waals surface area contributed by atoms with Crippen molar-refractivity contribution in [3.63, 3.8) is 0 Å². The summed E-state index contributed by atoms with van der Waals surface area (Å²) >= 11 is 0. The first-order chi connectivity index (χ1) is 10.2. The third-order valence-corrected chi connectivity index (χ3v) is 3.38. The zero-order chi connectivity index (χ0) is 16.3. The van der Waals surface area contributed by atoms with Crippen LogP contribution >= 0.6 is 0 Å². The van der Waals surface area contributed by atoms with E-state index in [-0.39, 0.29) is 12.5 Å². The van der Waals surface area contributed by atoms with E-state index in [1.54, 1.807) is 25.7 Å². The number of rotatable bonds is 2. The molecule has 2 amide bonds. The fourth-order valence-corrected chi connectivity index (χ4v) is 2.36. The second-order valence-electron chi connectivity index (χ2n) is 6.45. The van der Waals surface area contributed by atoms with Crippen LogP contribution < -0.4 is 11.1 Å². The summed E-state index contributed by atoms with van der Waals surface area (Å²) in [5.41, 5.74) is 8.19. The van der Waals surface area contributed by atoms with Crippen molar-refractivity contribution in [2.75, 3.05) is 18.8 Å². The number of ether oxygens (including phenoxy) is 1. The number of fused-ring (bicyclic) bond motifs is 1. The van der Waals surface area contributed by atoms with Crippen LogP contribution in [0, 0.1) is 0 Å². The highest BCUT2D eigenvalue weighted by Crippen LogP contribution is 2.21. The molecule has 0 spiro atoms. The van der Waals surface area contributed by atoms with Gasteiger partial charge in [0.05, 0.1) is 0 Å². The van der Waals surface area contributed by atoms with Crippen LogP contribution in [0.2, 0.25) is 0 Å². The van der Waals surface area contributed by atoms with Gasteiger partial charge in [0.2, 0.25) is 5.91 Å². The van der Waals surface area contributed by atoms with Crippen LogP contribution in [0.5, 0.6) is 0 Å². The van der Waals surface area contributed by atoms with E-state index in [4.69, 9.17) is 10.5 Å². The molecule has 22 heavy (non-hydrogen) atoms. The Morgan fingerprint density at radius 1 is 1.32 bits per heavy atom. The fraction of sp³-hybridized carbons (Fsp3) is 0.500. The van der Waals surface area contributed by atoms with Crippen LogP contribution in [-0.4, -0.2) is 35.6 Å². The Balaban J connectivity index is 1.88. The molecule has 120 valence electrons. The van der Waals surface area contributed by atoms with E-state index in [0.717, 1.165) is 12.0 Å². The summed E-state index contributed by atoms with van der Waals surface area (Å²) in [7, 11) is 0. The van der Waals surface area contributed by atoms with E-state index in [2.05, 4.69) is 5.32 Å². The summed E-state index contributed by atoms with van der Waals surface area (Å²) in [4.78, 5) is 25.5. The molecule has 1 heterocycles. The zero-order valence-electron chi connectivity index (χ0n) is 13.3. The lowest BCUT2D eigenvalue weighted by Crippen LogP contribution is -2.43. The molecule has 0 radical (unpaired) electrons. The minimum Gasteiger partial charge on any atom is -0.444 e. The Bertz CT molecular complexity index is 578. The quantitative estimate of drug-likeness (QED) is 0.814. The maximum Gasteiger partial charge on any atom is 0.408 e. The molecule has 0 saturated carbocycles. The molecule has 6 nitrogen and oxygen atoms in total. The van der Waals surface area contributed by atoms with Crippen molar-refractivity contribution in [2.24, 2.45) is 0 Å². The van der Waals surface area contributed by atoms with Crippen molar-refractivity contribution in [2.45, 2.75) is 39.3 Å². The lowest BCUT2D eigenvalue weighted by Gasteiger charge is -2.29. The highest BCUT2D eigenvalue weighted by atomic mass is 16.6. The van der Waals surface area contributed by atoms with Crippen molar-refractivity contribution in [1.82, 2.24) is 10.2 Å². The van der Waals surface area contributed by atoms with E-state index in [9.17, 15) is 9.59 Å². The van der Waals surface area contributed by atoms with E-state index < -0.39 is 11.7 Å². The summed E-state index contributed by atoms with van der Waals surface area (Å²) in [5, 5.41) is 2.49. The first-order valence-corrected chi connectivity index (χ1v) is 7.36. The van der Waals surface area contributed by atoms with Crippen LogP contribution in [0.15, 0.2) is 18.2 Å². The number of hydrogen-bond acceptors (Lipinski definition) is 4. The number of nitrogens with one attached hydrogen (secondary N) is 1. The molecule has 1 aromatic carbocycles. The Labute approximate surface area is 130 Å². The topological polar surface area (TPSA) is 84.7 Å². The summed E-state index contributed by atoms with van der Waals surface area (Å²) in [6, 6.07) is 5.78. The smallest absolute Gasteiger partial charge is 0.408 e. The van der Waals surface area contributed by atoms with Gasteiger partial charge in [-0.05, 0) is 50.5 Å². The number of alkyl carbamates (subject to hydrolysis) is 1. The van der Waals surface area contributed by atoms with Gasteiger partial charge in [-0.1, -0.05) is 6.07 Å². The van der Waals surface area contributed by atoms with E-state index in [0.29, 0.717) is 18.8 Å². The monoisotopic (exact) mass is 305 g/mol. The number of nitrogens with zero attached hydrogens (tertiary/aromatic N) is 1. The number of carbonyl (C=O) groups excluding carboxylic acids is 2. The molecule has 0 saturated heterocycles. The van der Waals surface area contributed by atoms with Gasteiger partial charge in [-0.25, -0.2) is 4.79 Å². The number of anilines is 1. The number of nitrogens with two attached hydrogens (primary N) is 1. The molecule has 0 aliphatic carbocycles. The highest BCUT2D eigenvalue weighted by Gasteiger charge is 2.22. The first kappa shape index (κ1) is 16.1. The SMILES string of the molecule is CC(C)(C)OC(=O)NCC(=O)N1CCc2ccc(N)cc2C1. The zero-order valence-corrected chi connectivity index (χ0v) is 13.3. The Kier molecular flexibility index (Phi) is 4.59. The third kappa shape index (κ3) is 4.38. The lowest BCUT2D eigenvalue weighted by atomic mass is 9.99. The van der Waals surface area contributed by atoms with Gasteiger partial charge in [0.15, 0.2) is 0 Å². The number of carbonyl (C=O) groups is 2. The molecule has 3 N–H and O–H groups in total. The van der Waals surface area contributed by atoms with Crippen molar-refractivity contribution >= 4 is 17.7 Å². The highest BCUT2D eigenvalue weighted by molar-refractivity contribution is 5.82. The average molecular weight is 305 g/mol. The lowest BCUT2D eigenvalue weighted by molar-refractivity contribution is -0.131. The van der Waals surface area contributed by atoms with Gasteiger partial charge in [-0.2, -0.15) is 0 Å². The predicted molar refractivity (Wildman–Crippen MR) is 84.2 cm³/mol. The molecular formula is C16H23N3O3. The molecule has 0 atom stereocenters. The summed E-state index contributed by atoms with van der Waals surface area (Å²) in [6.07, 6.45) is 0.218. The van der Waals surface area contributed by atoms with Crippen LogP contribution in [0.3, 0.4) is 0 Å². The van der Waals surface area contributed by atoms with Gasteiger partial charge < -0.3 is 20.7 Å². The normalized spacial score (nSPS) is 14.2. The first-order valence-electron chi connectivity index (χ1n) is 7.36. The minimum atomic E-state index is -0.581. The van der Waals surface area contributed by atoms with Gasteiger partial charge in [0, 0.05) is 18.8 Å². The van der Waals surface area contributed by atoms with Crippen molar-refractivity contribution in [1.29, 1.82) is 0 Å². The molecule has 0 unspecified atom stereocenters. The number of amides is 2.